The molecule has 9 aliphatic carbocycles. The Balaban J connectivity index is 0.933. The Labute approximate surface area is 561 Å². The molecule has 0 aromatic heterocycles. The number of para-hydroxylation sites is 1. The van der Waals surface area contributed by atoms with Gasteiger partial charge in [0.05, 0.1) is 22.6 Å². The van der Waals surface area contributed by atoms with Crippen molar-refractivity contribution in [2.45, 2.75) is 82.5 Å². The molecule has 6 atom stereocenters. The molecule has 8 aromatic carbocycles. The summed E-state index contributed by atoms with van der Waals surface area (Å²) in [5, 5.41) is 0. The van der Waals surface area contributed by atoms with Crippen molar-refractivity contribution in [1.29, 1.82) is 0 Å². The highest BCUT2D eigenvalue weighted by molar-refractivity contribution is 6.86. The molecule has 2 aliphatic heterocycles. The zero-order valence-corrected chi connectivity index (χ0v) is 54.8. The van der Waals surface area contributed by atoms with Gasteiger partial charge >= 0.3 is 0 Å². The third-order valence-corrected chi connectivity index (χ3v) is 24.2. The SMILES string of the molecule is C=C1/C=C\C=C/CC2=C3C(CC=C2C1(C)C)B1C2=C(C4c5ccccc5C5(c6ccccc6-c6ccccc65)C4C=C2)N(C2C=CC=CC2)c2cc(N(C4=C5c6ccccc6C6(c7ccccc7-c7ccccc76)C5C(C)C=C4)c4ccccc4)cc(c21)N3/C(C)=C/C=C\C. The van der Waals surface area contributed by atoms with Crippen LogP contribution in [0.3, 0.4) is 0 Å². The molecule has 0 amide bonds. The predicted molar refractivity (Wildman–Crippen MR) is 397 cm³/mol. The highest BCUT2D eigenvalue weighted by Gasteiger charge is 2.63. The Kier molecular flexibility index (Phi) is 12.4. The van der Waals surface area contributed by atoms with Crippen LogP contribution in [0, 0.1) is 23.2 Å². The summed E-state index contributed by atoms with van der Waals surface area (Å²) < 4.78 is 0. The Morgan fingerprint density at radius 2 is 1.19 bits per heavy atom. The zero-order chi connectivity index (χ0) is 63.6. The van der Waals surface area contributed by atoms with E-state index in [-0.39, 0.29) is 47.7 Å². The molecule has 0 saturated heterocycles. The fourth-order valence-electron chi connectivity index (χ4n) is 20.6. The van der Waals surface area contributed by atoms with Gasteiger partial charge in [0, 0.05) is 63.0 Å². The normalized spacial score (nSPS) is 24.7. The minimum absolute atomic E-state index is 0.0238. The number of anilines is 4. The minimum atomic E-state index is -0.410. The van der Waals surface area contributed by atoms with E-state index in [1.54, 1.807) is 0 Å². The molecule has 0 fully saturated rings. The van der Waals surface area contributed by atoms with Gasteiger partial charge in [-0.05, 0) is 176 Å². The molecule has 0 N–H and O–H groups in total. The Hall–Kier alpha value is -10.2. The average Bonchev–Trinajstić information content (AvgIpc) is 1.56. The van der Waals surface area contributed by atoms with Crippen molar-refractivity contribution >= 4 is 40.5 Å². The van der Waals surface area contributed by atoms with Crippen molar-refractivity contribution in [3.63, 3.8) is 0 Å². The van der Waals surface area contributed by atoms with E-state index in [1.165, 1.54) is 129 Å². The molecule has 6 unspecified atom stereocenters. The van der Waals surface area contributed by atoms with Gasteiger partial charge < -0.3 is 14.7 Å². The van der Waals surface area contributed by atoms with Crippen LogP contribution in [-0.2, 0) is 10.8 Å². The van der Waals surface area contributed by atoms with Crippen molar-refractivity contribution in [1.82, 2.24) is 0 Å². The number of hydrogen-bond donors (Lipinski definition) is 0. The number of allylic oxidation sites excluding steroid dienone is 22. The molecule has 2 spiro atoms. The van der Waals surface area contributed by atoms with Gasteiger partial charge in [0.2, 0.25) is 6.71 Å². The van der Waals surface area contributed by atoms with Gasteiger partial charge in [-0.15, -0.1) is 0 Å². The van der Waals surface area contributed by atoms with E-state index >= 15 is 0 Å². The lowest BCUT2D eigenvalue weighted by atomic mass is 9.27. The minimum Gasteiger partial charge on any atom is -0.338 e. The second-order valence-electron chi connectivity index (χ2n) is 28.8. The second-order valence-corrected chi connectivity index (χ2v) is 28.8. The quantitative estimate of drug-likeness (QED) is 0.121. The summed E-state index contributed by atoms with van der Waals surface area (Å²) in [6, 6.07) is 73.3. The standard InChI is InChI=1S/C91H76BN3/c1-7-8-31-59(4)93-81-55-62(94(60-32-13-10-14-33-60)80-54-49-57(2)85-84(80)68-41-23-29-48-76(68)91(85)73-45-26-20-38-65(73)66-39-21-27-46-74(66)91)56-82-86(81)92(78-52-50-70-69(87(78)93)42-17-9-12-30-58(3)89(70,5)6)79-53-51-77-83(88(79)95(82)61-34-15-11-16-35-61)67-40-22-28-47-75(67)90(77)71-43-24-18-36-63(71)64-37-19-25-44-72(64)90/h7-34,36-41,43-51,53-57,61,77-78,83,85H,3,35,42,52H2,1-2,4-6H3/b8-7-,17-9-,30-12-,59-31+. The largest absolute Gasteiger partial charge is 0.338 e. The van der Waals surface area contributed by atoms with E-state index in [9.17, 15) is 0 Å². The Morgan fingerprint density at radius 3 is 1.85 bits per heavy atom. The highest BCUT2D eigenvalue weighted by atomic mass is 15.2. The van der Waals surface area contributed by atoms with Gasteiger partial charge in [-0.25, -0.2) is 0 Å². The van der Waals surface area contributed by atoms with E-state index in [0.29, 0.717) is 0 Å². The number of benzene rings is 8. The molecule has 0 saturated carbocycles. The van der Waals surface area contributed by atoms with E-state index in [0.717, 1.165) is 36.2 Å². The van der Waals surface area contributed by atoms with Crippen LogP contribution in [0.1, 0.15) is 104 Å². The molecule has 0 radical (unpaired) electrons. The summed E-state index contributed by atoms with van der Waals surface area (Å²) in [5.41, 5.74) is 33.9. The van der Waals surface area contributed by atoms with Crippen molar-refractivity contribution in [2.75, 3.05) is 14.7 Å². The van der Waals surface area contributed by atoms with E-state index in [2.05, 4.69) is 335 Å². The number of rotatable bonds is 6. The van der Waals surface area contributed by atoms with Crippen molar-refractivity contribution in [3.05, 3.63) is 381 Å². The first-order valence-corrected chi connectivity index (χ1v) is 34.8. The predicted octanol–water partition coefficient (Wildman–Crippen LogP) is 21.2. The maximum atomic E-state index is 4.83. The van der Waals surface area contributed by atoms with Crippen LogP contribution >= 0.6 is 0 Å². The highest BCUT2D eigenvalue weighted by Crippen LogP contribution is 2.71. The molecule has 4 heteroatoms. The van der Waals surface area contributed by atoms with Crippen LogP contribution in [-0.4, -0.2) is 12.8 Å². The van der Waals surface area contributed by atoms with Gasteiger partial charge in [-0.1, -0.05) is 282 Å². The fourth-order valence-corrected chi connectivity index (χ4v) is 20.6. The molecule has 458 valence electrons. The average molecular weight is 1220 g/mol. The topological polar surface area (TPSA) is 9.72 Å². The van der Waals surface area contributed by atoms with Crippen molar-refractivity contribution in [2.24, 2.45) is 23.2 Å². The van der Waals surface area contributed by atoms with Crippen LogP contribution in [0.2, 0.25) is 5.82 Å². The summed E-state index contributed by atoms with van der Waals surface area (Å²) in [7, 11) is 0. The molecule has 0 bridgehead atoms. The Morgan fingerprint density at radius 1 is 0.589 bits per heavy atom. The lowest BCUT2D eigenvalue weighted by Crippen LogP contribution is -2.57. The lowest BCUT2D eigenvalue weighted by molar-refractivity contribution is 0.404. The summed E-state index contributed by atoms with van der Waals surface area (Å²) in [6.45, 7) is 16.7. The summed E-state index contributed by atoms with van der Waals surface area (Å²) in [4.78, 5) is 8.37. The first kappa shape index (κ1) is 56.4. The summed E-state index contributed by atoms with van der Waals surface area (Å²) >= 11 is 0. The van der Waals surface area contributed by atoms with E-state index in [4.69, 9.17) is 6.58 Å². The van der Waals surface area contributed by atoms with Crippen molar-refractivity contribution < 1.29 is 0 Å². The first-order chi connectivity index (χ1) is 46.7. The van der Waals surface area contributed by atoms with Crippen LogP contribution in [0.4, 0.5) is 22.7 Å². The molecule has 11 aliphatic rings. The van der Waals surface area contributed by atoms with Gasteiger partial charge in [-0.2, -0.15) is 0 Å². The van der Waals surface area contributed by atoms with Gasteiger partial charge in [0.1, 0.15) is 0 Å². The van der Waals surface area contributed by atoms with Crippen LogP contribution in [0.15, 0.2) is 337 Å². The number of nitrogens with zero attached hydrogens (tertiary/aromatic N) is 3. The fraction of sp³-hybridized carbons (Fsp3) is 0.187. The molecular weight excluding hydrogens is 1150 g/mol. The molecule has 8 aromatic rings. The Bertz CT molecular complexity index is 5000. The summed E-state index contributed by atoms with van der Waals surface area (Å²) in [6.07, 6.45) is 41.1. The molecule has 2 heterocycles. The van der Waals surface area contributed by atoms with E-state index < -0.39 is 10.8 Å². The number of hydrogen-bond acceptors (Lipinski definition) is 3. The van der Waals surface area contributed by atoms with Gasteiger partial charge in [0.25, 0.3) is 0 Å². The second kappa shape index (κ2) is 20.9. The maximum Gasteiger partial charge on any atom is 0.226 e. The molecular formula is C91H76BN3. The first-order valence-electron chi connectivity index (χ1n) is 34.8. The van der Waals surface area contributed by atoms with Crippen molar-refractivity contribution in [3.8, 4) is 22.3 Å². The number of fused-ring (bicyclic) bond motifs is 25. The molecule has 19 rings (SSSR count). The van der Waals surface area contributed by atoms with E-state index in [1.807, 2.05) is 0 Å². The smallest absolute Gasteiger partial charge is 0.226 e. The van der Waals surface area contributed by atoms with Crippen LogP contribution in [0.25, 0.3) is 27.8 Å². The van der Waals surface area contributed by atoms with Crippen LogP contribution < -0.4 is 20.2 Å². The zero-order valence-electron chi connectivity index (χ0n) is 54.8. The third kappa shape index (κ3) is 7.44. The van der Waals surface area contributed by atoms with Gasteiger partial charge in [-0.3, -0.25) is 0 Å². The van der Waals surface area contributed by atoms with Crippen LogP contribution in [0.5, 0.6) is 0 Å². The summed E-state index contributed by atoms with van der Waals surface area (Å²) in [5.74, 6) is 0.553. The third-order valence-electron chi connectivity index (χ3n) is 24.2. The monoisotopic (exact) mass is 1220 g/mol. The lowest BCUT2D eigenvalue weighted by Gasteiger charge is -2.54. The molecule has 95 heavy (non-hydrogen) atoms. The maximum absolute atomic E-state index is 4.83. The molecule has 3 nitrogen and oxygen atoms in total. The van der Waals surface area contributed by atoms with Gasteiger partial charge in [0.15, 0.2) is 0 Å².